The third-order valence-electron chi connectivity index (χ3n) is 6.33. The first-order chi connectivity index (χ1) is 16.1. The molecule has 2 fully saturated rings. The van der Waals surface area contributed by atoms with Crippen LogP contribution in [0.15, 0.2) is 41.4 Å². The van der Waals surface area contributed by atoms with Crippen LogP contribution < -0.4 is 15.5 Å². The standard InChI is InChI=1S/C23H26BrN7O2.ClH/c24-17-13-27-22-20(18(14-28-22)29-23(33)15-3-1-5-25-12-15)21(17)31-9-7-30(8-10-31)19(32)11-16-4-2-6-26-16;/h1,3,5,12-14,16,26H,2,4,6-11H2,(H,27,28)(H,29,33);1H/t16-;/m0./s1. The van der Waals surface area contributed by atoms with Crippen LogP contribution in [-0.2, 0) is 4.79 Å². The molecule has 11 heteroatoms. The minimum absolute atomic E-state index is 0. The van der Waals surface area contributed by atoms with Crippen molar-refractivity contribution in [1.82, 2.24) is 25.2 Å². The van der Waals surface area contributed by atoms with Crippen molar-refractivity contribution in [3.8, 4) is 0 Å². The molecule has 2 amide bonds. The Bertz CT molecular complexity index is 1160. The van der Waals surface area contributed by atoms with E-state index in [-0.39, 0.29) is 24.2 Å². The topological polar surface area (TPSA) is 106 Å². The number of aromatic amines is 1. The summed E-state index contributed by atoms with van der Waals surface area (Å²) in [5.41, 5.74) is 2.81. The van der Waals surface area contributed by atoms with E-state index in [0.29, 0.717) is 55.5 Å². The van der Waals surface area contributed by atoms with Gasteiger partial charge in [0.25, 0.3) is 5.91 Å². The maximum atomic E-state index is 12.7. The van der Waals surface area contributed by atoms with Gasteiger partial charge < -0.3 is 25.4 Å². The first-order valence-corrected chi connectivity index (χ1v) is 12.0. The van der Waals surface area contributed by atoms with E-state index in [1.54, 1.807) is 30.7 Å². The summed E-state index contributed by atoms with van der Waals surface area (Å²) in [7, 11) is 0. The molecule has 0 unspecified atom stereocenters. The third-order valence-corrected chi connectivity index (χ3v) is 6.91. The van der Waals surface area contributed by atoms with Crippen molar-refractivity contribution in [3.05, 3.63) is 47.0 Å². The minimum atomic E-state index is -0.231. The molecule has 0 aromatic carbocycles. The zero-order valence-electron chi connectivity index (χ0n) is 18.6. The van der Waals surface area contributed by atoms with Crippen molar-refractivity contribution in [2.45, 2.75) is 25.3 Å². The molecule has 2 aliphatic rings. The summed E-state index contributed by atoms with van der Waals surface area (Å²) in [6.07, 6.45) is 9.50. The average molecular weight is 549 g/mol. The largest absolute Gasteiger partial charge is 0.366 e. The van der Waals surface area contributed by atoms with E-state index in [1.165, 1.54) is 6.20 Å². The van der Waals surface area contributed by atoms with Crippen LogP contribution in [0.5, 0.6) is 0 Å². The second-order valence-electron chi connectivity index (χ2n) is 8.44. The number of hydrogen-bond donors (Lipinski definition) is 3. The van der Waals surface area contributed by atoms with E-state index >= 15 is 0 Å². The Hall–Kier alpha value is -2.69. The number of pyridine rings is 2. The molecule has 2 saturated heterocycles. The summed E-state index contributed by atoms with van der Waals surface area (Å²) in [6.45, 7) is 3.77. The minimum Gasteiger partial charge on any atom is -0.366 e. The lowest BCUT2D eigenvalue weighted by molar-refractivity contribution is -0.131. The van der Waals surface area contributed by atoms with Gasteiger partial charge in [-0.25, -0.2) is 4.98 Å². The lowest BCUT2D eigenvalue weighted by Gasteiger charge is -2.37. The first-order valence-electron chi connectivity index (χ1n) is 11.2. The highest BCUT2D eigenvalue weighted by atomic mass is 79.9. The van der Waals surface area contributed by atoms with Crippen LogP contribution in [0.3, 0.4) is 0 Å². The van der Waals surface area contributed by atoms with Gasteiger partial charge in [0, 0.05) is 63.4 Å². The number of amides is 2. The predicted octanol–water partition coefficient (Wildman–Crippen LogP) is 3.19. The van der Waals surface area contributed by atoms with E-state index in [9.17, 15) is 9.59 Å². The van der Waals surface area contributed by atoms with Gasteiger partial charge in [0.05, 0.1) is 26.8 Å². The highest BCUT2D eigenvalue weighted by Crippen LogP contribution is 2.38. The van der Waals surface area contributed by atoms with Crippen molar-refractivity contribution < 1.29 is 9.59 Å². The monoisotopic (exact) mass is 547 g/mol. The summed E-state index contributed by atoms with van der Waals surface area (Å²) < 4.78 is 0.849. The zero-order chi connectivity index (χ0) is 22.8. The summed E-state index contributed by atoms with van der Waals surface area (Å²) >= 11 is 3.66. The van der Waals surface area contributed by atoms with Crippen LogP contribution in [0.4, 0.5) is 11.4 Å². The number of halogens is 2. The summed E-state index contributed by atoms with van der Waals surface area (Å²) in [5, 5.41) is 7.24. The second-order valence-corrected chi connectivity index (χ2v) is 9.30. The quantitative estimate of drug-likeness (QED) is 0.452. The zero-order valence-corrected chi connectivity index (χ0v) is 21.0. The Morgan fingerprint density at radius 2 is 2.03 bits per heavy atom. The van der Waals surface area contributed by atoms with Gasteiger partial charge >= 0.3 is 0 Å². The smallest absolute Gasteiger partial charge is 0.257 e. The molecule has 9 nitrogen and oxygen atoms in total. The Morgan fingerprint density at radius 1 is 1.21 bits per heavy atom. The van der Waals surface area contributed by atoms with Crippen LogP contribution in [0.25, 0.3) is 11.0 Å². The molecule has 2 aliphatic heterocycles. The van der Waals surface area contributed by atoms with E-state index in [2.05, 4.69) is 46.4 Å². The number of nitrogens with one attached hydrogen (secondary N) is 3. The number of nitrogens with zero attached hydrogens (tertiary/aromatic N) is 4. The fourth-order valence-electron chi connectivity index (χ4n) is 4.61. The summed E-state index contributed by atoms with van der Waals surface area (Å²) in [6, 6.07) is 3.77. The predicted molar refractivity (Wildman–Crippen MR) is 138 cm³/mol. The number of hydrogen-bond acceptors (Lipinski definition) is 6. The number of H-pyrrole nitrogens is 1. The van der Waals surface area contributed by atoms with Crippen LogP contribution >= 0.6 is 28.3 Å². The molecular formula is C23H27BrClN7O2. The van der Waals surface area contributed by atoms with Crippen LogP contribution in [0.1, 0.15) is 29.6 Å². The van der Waals surface area contributed by atoms with Crippen molar-refractivity contribution in [2.75, 3.05) is 42.9 Å². The summed E-state index contributed by atoms with van der Waals surface area (Å²) in [5.74, 6) is -0.00933. The molecule has 180 valence electrons. The molecule has 0 spiro atoms. The first kappa shape index (κ1) is 24.4. The number of fused-ring (bicyclic) bond motifs is 1. The average Bonchev–Trinajstić information content (AvgIpc) is 3.50. The lowest BCUT2D eigenvalue weighted by Crippen LogP contribution is -2.49. The molecule has 0 radical (unpaired) electrons. The summed E-state index contributed by atoms with van der Waals surface area (Å²) in [4.78, 5) is 41.3. The van der Waals surface area contributed by atoms with E-state index in [0.717, 1.165) is 34.9 Å². The van der Waals surface area contributed by atoms with E-state index in [1.807, 2.05) is 4.90 Å². The van der Waals surface area contributed by atoms with Gasteiger partial charge in [-0.05, 0) is 47.4 Å². The third kappa shape index (κ3) is 5.03. The molecule has 0 saturated carbocycles. The maximum absolute atomic E-state index is 12.7. The van der Waals surface area contributed by atoms with Gasteiger partial charge in [-0.15, -0.1) is 12.4 Å². The van der Waals surface area contributed by atoms with Crippen molar-refractivity contribution >= 4 is 62.6 Å². The Labute approximate surface area is 212 Å². The SMILES string of the molecule is Cl.O=C(Nc1c[nH]c2ncc(Br)c(N3CCN(C(=O)C[C@@H]4CCCN4)CC3)c12)c1cccnc1. The number of aromatic nitrogens is 3. The molecule has 3 aromatic rings. The van der Waals surface area contributed by atoms with Gasteiger partial charge in [0.1, 0.15) is 5.65 Å². The molecule has 1 atom stereocenters. The van der Waals surface area contributed by atoms with E-state index < -0.39 is 0 Å². The number of rotatable bonds is 5. The van der Waals surface area contributed by atoms with Gasteiger partial charge in [-0.2, -0.15) is 0 Å². The molecule has 0 bridgehead atoms. The highest BCUT2D eigenvalue weighted by Gasteiger charge is 2.27. The molecule has 3 aromatic heterocycles. The molecule has 5 rings (SSSR count). The van der Waals surface area contributed by atoms with Gasteiger partial charge in [-0.1, -0.05) is 0 Å². The number of carbonyl (C=O) groups excluding carboxylic acids is 2. The fourth-order valence-corrected chi connectivity index (χ4v) is 5.16. The number of anilines is 2. The Kier molecular flexibility index (Phi) is 7.70. The highest BCUT2D eigenvalue weighted by molar-refractivity contribution is 9.10. The van der Waals surface area contributed by atoms with Crippen molar-refractivity contribution in [2.24, 2.45) is 0 Å². The molecule has 3 N–H and O–H groups in total. The van der Waals surface area contributed by atoms with Crippen LogP contribution in [0.2, 0.25) is 0 Å². The van der Waals surface area contributed by atoms with Gasteiger partial charge in [0.15, 0.2) is 0 Å². The molecule has 0 aliphatic carbocycles. The Balaban J connectivity index is 0.00000274. The van der Waals surface area contributed by atoms with E-state index in [4.69, 9.17) is 0 Å². The molecule has 34 heavy (non-hydrogen) atoms. The normalized spacial score (nSPS) is 18.1. The van der Waals surface area contributed by atoms with Crippen LogP contribution in [-0.4, -0.2) is 70.4 Å². The maximum Gasteiger partial charge on any atom is 0.257 e. The van der Waals surface area contributed by atoms with Gasteiger partial charge in [-0.3, -0.25) is 14.6 Å². The number of piperazine rings is 1. The second kappa shape index (κ2) is 10.7. The molecular weight excluding hydrogens is 522 g/mol. The van der Waals surface area contributed by atoms with Gasteiger partial charge in [0.2, 0.25) is 5.91 Å². The van der Waals surface area contributed by atoms with Crippen molar-refractivity contribution in [3.63, 3.8) is 0 Å². The van der Waals surface area contributed by atoms with Crippen molar-refractivity contribution in [1.29, 1.82) is 0 Å². The lowest BCUT2D eigenvalue weighted by atomic mass is 10.1. The number of carbonyl (C=O) groups is 2. The Morgan fingerprint density at radius 3 is 2.74 bits per heavy atom. The van der Waals surface area contributed by atoms with Crippen LogP contribution in [0, 0.1) is 0 Å². The molecule has 5 heterocycles. The fraction of sp³-hybridized carbons (Fsp3) is 0.391.